The summed E-state index contributed by atoms with van der Waals surface area (Å²) in [5.41, 5.74) is 1.13. The second-order valence-corrected chi connectivity index (χ2v) is 6.22. The Morgan fingerprint density at radius 2 is 2.14 bits per heavy atom. The van der Waals surface area contributed by atoms with Gasteiger partial charge in [0.1, 0.15) is 11.3 Å². The van der Waals surface area contributed by atoms with Gasteiger partial charge in [-0.15, -0.1) is 0 Å². The highest BCUT2D eigenvalue weighted by atomic mass is 35.5. The van der Waals surface area contributed by atoms with Crippen molar-refractivity contribution in [3.63, 3.8) is 0 Å². The zero-order chi connectivity index (χ0) is 15.1. The number of hydrogen-bond donors (Lipinski definition) is 1. The molecule has 1 fully saturated rings. The molecule has 21 heavy (non-hydrogen) atoms. The van der Waals surface area contributed by atoms with Gasteiger partial charge in [0.05, 0.1) is 11.1 Å². The molecule has 1 heterocycles. The van der Waals surface area contributed by atoms with Crippen LogP contribution in [0.5, 0.6) is 0 Å². The van der Waals surface area contributed by atoms with Crippen LogP contribution in [0.3, 0.4) is 0 Å². The van der Waals surface area contributed by atoms with Crippen LogP contribution in [0.4, 0.5) is 0 Å². The second-order valence-electron chi connectivity index (χ2n) is 5.38. The molecule has 0 saturated heterocycles. The molecule has 2 aromatic rings. The lowest BCUT2D eigenvalue weighted by atomic mass is 10.1. The lowest BCUT2D eigenvalue weighted by Gasteiger charge is -2.10. The predicted molar refractivity (Wildman–Crippen MR) is 82.1 cm³/mol. The van der Waals surface area contributed by atoms with Gasteiger partial charge < -0.3 is 5.11 Å². The zero-order valence-corrected chi connectivity index (χ0v) is 12.9. The van der Waals surface area contributed by atoms with Gasteiger partial charge in [0.25, 0.3) is 0 Å². The first-order valence-electron chi connectivity index (χ1n) is 6.75. The number of aromatic nitrogens is 2. The van der Waals surface area contributed by atoms with Gasteiger partial charge in [-0.3, -0.25) is 4.68 Å². The van der Waals surface area contributed by atoms with Crippen molar-refractivity contribution in [2.45, 2.75) is 25.8 Å². The standard InChI is InChI=1S/C15H14Cl2N2O2/c1-8(9-2-3-9)19-7-12(15(20)21)14(18-19)11-5-4-10(16)6-13(11)17/h4-9H,2-3H2,1H3,(H,20,21). The number of carboxylic acids is 1. The quantitative estimate of drug-likeness (QED) is 0.899. The van der Waals surface area contributed by atoms with Crippen LogP contribution < -0.4 is 0 Å². The van der Waals surface area contributed by atoms with Crippen LogP contribution in [0.25, 0.3) is 11.3 Å². The van der Waals surface area contributed by atoms with Crippen molar-refractivity contribution < 1.29 is 9.90 Å². The maximum absolute atomic E-state index is 11.5. The van der Waals surface area contributed by atoms with Crippen molar-refractivity contribution in [3.05, 3.63) is 40.0 Å². The Bertz CT molecular complexity index is 708. The van der Waals surface area contributed by atoms with E-state index in [9.17, 15) is 9.90 Å². The van der Waals surface area contributed by atoms with Gasteiger partial charge in [0, 0.05) is 16.8 Å². The molecule has 0 aliphatic heterocycles. The number of benzene rings is 1. The number of hydrogen-bond acceptors (Lipinski definition) is 2. The van der Waals surface area contributed by atoms with Gasteiger partial charge in [0.15, 0.2) is 0 Å². The molecule has 0 amide bonds. The summed E-state index contributed by atoms with van der Waals surface area (Å²) >= 11 is 12.1. The molecule has 6 heteroatoms. The highest BCUT2D eigenvalue weighted by molar-refractivity contribution is 6.36. The maximum atomic E-state index is 11.5. The molecular formula is C15H14Cl2N2O2. The zero-order valence-electron chi connectivity index (χ0n) is 11.4. The molecule has 1 aromatic heterocycles. The lowest BCUT2D eigenvalue weighted by Crippen LogP contribution is -2.07. The monoisotopic (exact) mass is 324 g/mol. The topological polar surface area (TPSA) is 55.1 Å². The average molecular weight is 325 g/mol. The second kappa shape index (κ2) is 5.35. The summed E-state index contributed by atoms with van der Waals surface area (Å²) in [7, 11) is 0. The molecule has 1 aliphatic rings. The van der Waals surface area contributed by atoms with E-state index in [0.717, 1.165) is 0 Å². The number of halogens is 2. The van der Waals surface area contributed by atoms with Gasteiger partial charge in [-0.1, -0.05) is 23.2 Å². The van der Waals surface area contributed by atoms with E-state index in [1.54, 1.807) is 29.1 Å². The van der Waals surface area contributed by atoms with Crippen molar-refractivity contribution in [2.24, 2.45) is 5.92 Å². The fourth-order valence-corrected chi connectivity index (χ4v) is 2.93. The Kier molecular flexibility index (Phi) is 3.68. The minimum atomic E-state index is -1.01. The van der Waals surface area contributed by atoms with E-state index in [1.165, 1.54) is 12.8 Å². The molecule has 4 nitrogen and oxygen atoms in total. The Balaban J connectivity index is 2.09. The number of nitrogens with zero attached hydrogens (tertiary/aromatic N) is 2. The molecule has 1 aromatic carbocycles. The third-order valence-electron chi connectivity index (χ3n) is 3.87. The molecule has 0 radical (unpaired) electrons. The highest BCUT2D eigenvalue weighted by Crippen LogP contribution is 2.40. The van der Waals surface area contributed by atoms with Crippen molar-refractivity contribution in [3.8, 4) is 11.3 Å². The molecule has 1 N–H and O–H groups in total. The van der Waals surface area contributed by atoms with Crippen molar-refractivity contribution in [2.75, 3.05) is 0 Å². The first kappa shape index (κ1) is 14.4. The maximum Gasteiger partial charge on any atom is 0.339 e. The molecule has 1 aliphatic carbocycles. The largest absolute Gasteiger partial charge is 0.478 e. The van der Waals surface area contributed by atoms with Gasteiger partial charge in [-0.05, 0) is 43.9 Å². The van der Waals surface area contributed by atoms with Crippen LogP contribution in [-0.4, -0.2) is 20.9 Å². The number of aromatic carboxylic acids is 1. The summed E-state index contributed by atoms with van der Waals surface area (Å²) in [6.45, 7) is 2.06. The Morgan fingerprint density at radius 1 is 1.43 bits per heavy atom. The summed E-state index contributed by atoms with van der Waals surface area (Å²) in [5, 5.41) is 14.8. The van der Waals surface area contributed by atoms with Crippen LogP contribution in [0.1, 0.15) is 36.2 Å². The van der Waals surface area contributed by atoms with E-state index < -0.39 is 5.97 Å². The summed E-state index contributed by atoms with van der Waals surface area (Å²) in [4.78, 5) is 11.5. The van der Waals surface area contributed by atoms with Gasteiger partial charge in [0.2, 0.25) is 0 Å². The average Bonchev–Trinajstić information content (AvgIpc) is 3.17. The minimum absolute atomic E-state index is 0.159. The van der Waals surface area contributed by atoms with E-state index >= 15 is 0 Å². The van der Waals surface area contributed by atoms with Crippen LogP contribution in [0, 0.1) is 5.92 Å². The van der Waals surface area contributed by atoms with E-state index in [2.05, 4.69) is 12.0 Å². The first-order valence-corrected chi connectivity index (χ1v) is 7.51. The molecule has 1 saturated carbocycles. The van der Waals surface area contributed by atoms with E-state index in [-0.39, 0.29) is 11.6 Å². The van der Waals surface area contributed by atoms with Crippen molar-refractivity contribution in [1.29, 1.82) is 0 Å². The first-order chi connectivity index (χ1) is 9.97. The van der Waals surface area contributed by atoms with Gasteiger partial charge in [-0.2, -0.15) is 5.10 Å². The van der Waals surface area contributed by atoms with Crippen LogP contribution in [0.2, 0.25) is 10.0 Å². The van der Waals surface area contributed by atoms with Gasteiger partial charge in [-0.25, -0.2) is 4.79 Å². The fourth-order valence-electron chi connectivity index (χ4n) is 2.43. The molecule has 0 bridgehead atoms. The Morgan fingerprint density at radius 3 is 2.71 bits per heavy atom. The van der Waals surface area contributed by atoms with Crippen LogP contribution in [-0.2, 0) is 0 Å². The Hall–Kier alpha value is -1.52. The van der Waals surface area contributed by atoms with E-state index in [0.29, 0.717) is 27.2 Å². The molecular weight excluding hydrogens is 311 g/mol. The summed E-state index contributed by atoms with van der Waals surface area (Å²) < 4.78 is 1.74. The van der Waals surface area contributed by atoms with E-state index in [4.69, 9.17) is 23.2 Å². The minimum Gasteiger partial charge on any atom is -0.478 e. The summed E-state index contributed by atoms with van der Waals surface area (Å²) in [5.74, 6) is -0.426. The summed E-state index contributed by atoms with van der Waals surface area (Å²) in [6.07, 6.45) is 3.92. The number of rotatable bonds is 4. The molecule has 110 valence electrons. The summed E-state index contributed by atoms with van der Waals surface area (Å²) in [6, 6.07) is 5.17. The van der Waals surface area contributed by atoms with Crippen LogP contribution >= 0.6 is 23.2 Å². The SMILES string of the molecule is CC(C1CC1)n1cc(C(=O)O)c(-c2ccc(Cl)cc2Cl)n1. The number of carboxylic acid groups (broad SMARTS) is 1. The van der Waals surface area contributed by atoms with E-state index in [1.807, 2.05) is 0 Å². The third-order valence-corrected chi connectivity index (χ3v) is 4.42. The van der Waals surface area contributed by atoms with Gasteiger partial charge >= 0.3 is 5.97 Å². The highest BCUT2D eigenvalue weighted by Gasteiger charge is 2.31. The van der Waals surface area contributed by atoms with Crippen molar-refractivity contribution >= 4 is 29.2 Å². The molecule has 1 atom stereocenters. The molecule has 1 unspecified atom stereocenters. The molecule has 3 rings (SSSR count). The van der Waals surface area contributed by atoms with Crippen LogP contribution in [0.15, 0.2) is 24.4 Å². The Labute approximate surface area is 132 Å². The fraction of sp³-hybridized carbons (Fsp3) is 0.333. The predicted octanol–water partition coefficient (Wildman–Crippen LogP) is 4.53. The normalized spacial score (nSPS) is 16.0. The number of carbonyl (C=O) groups is 1. The van der Waals surface area contributed by atoms with Crippen molar-refractivity contribution in [1.82, 2.24) is 9.78 Å². The lowest BCUT2D eigenvalue weighted by molar-refractivity contribution is 0.0697. The molecule has 0 spiro atoms. The smallest absolute Gasteiger partial charge is 0.339 e. The third kappa shape index (κ3) is 2.78.